The van der Waals surface area contributed by atoms with E-state index in [9.17, 15) is 24.0 Å². The molecule has 0 spiro atoms. The first-order chi connectivity index (χ1) is 20.4. The minimum absolute atomic E-state index is 0.00620. The van der Waals surface area contributed by atoms with E-state index in [1.54, 1.807) is 58.9 Å². The standard InChI is InChI=1S/C31H33N5O7/c1-6-42-24(37)13-12-23(28(40)43-7-2)36-17-20-11-10-18(14-21(20)27(36)39)8-9-19-15-22-25(32-16-19)33-30(34-26(22)38)35-29(41)31(3,4)5/h10-11,14-16,23H,6-7,12-13,17H2,1-5H3,(H2,32,33,34,35,38,41)/t23-/m0/s1. The Balaban J connectivity index is 1.54. The largest absolute Gasteiger partial charge is 0.466 e. The van der Waals surface area contributed by atoms with E-state index in [1.165, 1.54) is 11.1 Å². The molecule has 12 heteroatoms. The van der Waals surface area contributed by atoms with E-state index < -0.39 is 29.0 Å². The summed E-state index contributed by atoms with van der Waals surface area (Å²) in [5.74, 6) is 4.25. The lowest BCUT2D eigenvalue weighted by atomic mass is 9.96. The zero-order valence-electron chi connectivity index (χ0n) is 24.7. The van der Waals surface area contributed by atoms with E-state index in [2.05, 4.69) is 32.1 Å². The van der Waals surface area contributed by atoms with Crippen molar-refractivity contribution in [1.29, 1.82) is 0 Å². The minimum Gasteiger partial charge on any atom is -0.466 e. The molecule has 2 N–H and O–H groups in total. The number of hydrogen-bond donors (Lipinski definition) is 2. The molecule has 2 aromatic heterocycles. The molecule has 1 aliphatic rings. The van der Waals surface area contributed by atoms with Crippen molar-refractivity contribution in [2.24, 2.45) is 5.41 Å². The maximum Gasteiger partial charge on any atom is 0.328 e. The van der Waals surface area contributed by atoms with Gasteiger partial charge in [-0.2, -0.15) is 4.98 Å². The molecule has 4 rings (SSSR count). The number of carbonyl (C=O) groups excluding carboxylic acids is 4. The van der Waals surface area contributed by atoms with Gasteiger partial charge >= 0.3 is 11.9 Å². The Bertz CT molecular complexity index is 1710. The Kier molecular flexibility index (Phi) is 9.24. The van der Waals surface area contributed by atoms with Gasteiger partial charge < -0.3 is 14.4 Å². The maximum atomic E-state index is 13.3. The number of fused-ring (bicyclic) bond motifs is 2. The number of nitrogens with one attached hydrogen (secondary N) is 2. The predicted molar refractivity (Wildman–Crippen MR) is 157 cm³/mol. The monoisotopic (exact) mass is 587 g/mol. The molecule has 3 heterocycles. The van der Waals surface area contributed by atoms with E-state index in [0.717, 1.165) is 5.56 Å². The molecule has 0 radical (unpaired) electrons. The summed E-state index contributed by atoms with van der Waals surface area (Å²) in [7, 11) is 0. The molecule has 1 atom stereocenters. The average molecular weight is 588 g/mol. The second-order valence-electron chi connectivity index (χ2n) is 10.9. The van der Waals surface area contributed by atoms with Crippen LogP contribution in [-0.2, 0) is 30.4 Å². The molecular formula is C31H33N5O7. The highest BCUT2D eigenvalue weighted by Crippen LogP contribution is 2.28. The number of ether oxygens (including phenoxy) is 2. The molecular weight excluding hydrogens is 554 g/mol. The Morgan fingerprint density at radius 2 is 1.79 bits per heavy atom. The van der Waals surface area contributed by atoms with E-state index in [-0.39, 0.29) is 61.4 Å². The normalized spacial score (nSPS) is 13.1. The van der Waals surface area contributed by atoms with Crippen molar-refractivity contribution in [3.8, 4) is 11.8 Å². The fourth-order valence-electron chi connectivity index (χ4n) is 4.37. The van der Waals surface area contributed by atoms with Gasteiger partial charge in [0, 0.05) is 41.3 Å². The van der Waals surface area contributed by atoms with E-state index >= 15 is 0 Å². The van der Waals surface area contributed by atoms with Gasteiger partial charge in [0.25, 0.3) is 11.5 Å². The molecule has 0 saturated carbocycles. The summed E-state index contributed by atoms with van der Waals surface area (Å²) < 4.78 is 10.2. The lowest BCUT2D eigenvalue weighted by molar-refractivity contribution is -0.150. The van der Waals surface area contributed by atoms with E-state index in [0.29, 0.717) is 16.7 Å². The lowest BCUT2D eigenvalue weighted by Crippen LogP contribution is -2.42. The van der Waals surface area contributed by atoms with Gasteiger partial charge in [-0.25, -0.2) is 9.78 Å². The molecule has 43 heavy (non-hydrogen) atoms. The summed E-state index contributed by atoms with van der Waals surface area (Å²) in [6, 6.07) is 5.78. The van der Waals surface area contributed by atoms with E-state index in [1.807, 2.05) is 0 Å². The van der Waals surface area contributed by atoms with Crippen LogP contribution in [0.1, 0.15) is 74.5 Å². The van der Waals surface area contributed by atoms with Crippen molar-refractivity contribution >= 4 is 40.7 Å². The molecule has 3 aromatic rings. The number of pyridine rings is 1. The first-order valence-corrected chi connectivity index (χ1v) is 13.9. The average Bonchev–Trinajstić information content (AvgIpc) is 3.27. The van der Waals surface area contributed by atoms with Crippen LogP contribution in [0.25, 0.3) is 11.0 Å². The van der Waals surface area contributed by atoms with Crippen LogP contribution in [0.15, 0.2) is 35.3 Å². The number of H-pyrrole nitrogens is 1. The lowest BCUT2D eigenvalue weighted by Gasteiger charge is -2.25. The van der Waals surface area contributed by atoms with Crippen LogP contribution in [0.3, 0.4) is 0 Å². The Morgan fingerprint density at radius 1 is 1.07 bits per heavy atom. The minimum atomic E-state index is -0.934. The van der Waals surface area contributed by atoms with Crippen molar-refractivity contribution in [3.05, 3.63) is 63.1 Å². The van der Waals surface area contributed by atoms with Crippen LogP contribution in [0.2, 0.25) is 0 Å². The van der Waals surface area contributed by atoms with Gasteiger partial charge in [-0.15, -0.1) is 0 Å². The third kappa shape index (κ3) is 7.24. The van der Waals surface area contributed by atoms with Gasteiger partial charge in [-0.3, -0.25) is 29.5 Å². The zero-order valence-corrected chi connectivity index (χ0v) is 24.7. The quantitative estimate of drug-likeness (QED) is 0.298. The summed E-state index contributed by atoms with van der Waals surface area (Å²) in [4.78, 5) is 75.3. The number of benzene rings is 1. The third-order valence-electron chi connectivity index (χ3n) is 6.63. The number of carbonyl (C=O) groups is 4. The predicted octanol–water partition coefficient (Wildman–Crippen LogP) is 2.93. The second-order valence-corrected chi connectivity index (χ2v) is 10.9. The van der Waals surface area contributed by atoms with Crippen molar-refractivity contribution in [2.45, 2.75) is 60.0 Å². The third-order valence-corrected chi connectivity index (χ3v) is 6.63. The molecule has 1 aromatic carbocycles. The van der Waals surface area contributed by atoms with Gasteiger partial charge in [0.2, 0.25) is 11.9 Å². The molecule has 0 fully saturated rings. The first-order valence-electron chi connectivity index (χ1n) is 13.9. The fraction of sp³-hybridized carbons (Fsp3) is 0.387. The van der Waals surface area contributed by atoms with Crippen LogP contribution >= 0.6 is 0 Å². The van der Waals surface area contributed by atoms with Crippen molar-refractivity contribution in [3.63, 3.8) is 0 Å². The van der Waals surface area contributed by atoms with Gasteiger partial charge in [-0.05, 0) is 44.0 Å². The van der Waals surface area contributed by atoms with Crippen LogP contribution < -0.4 is 10.9 Å². The highest BCUT2D eigenvalue weighted by molar-refractivity contribution is 6.01. The summed E-state index contributed by atoms with van der Waals surface area (Å²) in [5.41, 5.74) is 1.11. The molecule has 224 valence electrons. The number of nitrogens with zero attached hydrogens (tertiary/aromatic N) is 3. The van der Waals surface area contributed by atoms with Gasteiger partial charge in [0.1, 0.15) is 6.04 Å². The van der Waals surface area contributed by atoms with Gasteiger partial charge in [0.15, 0.2) is 5.65 Å². The fourth-order valence-corrected chi connectivity index (χ4v) is 4.37. The van der Waals surface area contributed by atoms with Crippen molar-refractivity contribution in [1.82, 2.24) is 19.9 Å². The highest BCUT2D eigenvalue weighted by Gasteiger charge is 2.37. The molecule has 0 aliphatic carbocycles. The number of amides is 2. The topological polar surface area (TPSA) is 161 Å². The number of hydrogen-bond acceptors (Lipinski definition) is 9. The maximum absolute atomic E-state index is 13.3. The number of esters is 2. The van der Waals surface area contributed by atoms with Gasteiger partial charge in [0.05, 0.1) is 18.6 Å². The Labute approximate surface area is 248 Å². The number of aromatic nitrogens is 3. The summed E-state index contributed by atoms with van der Waals surface area (Å²) >= 11 is 0. The molecule has 0 saturated heterocycles. The van der Waals surface area contributed by atoms with Gasteiger partial charge in [-0.1, -0.05) is 38.7 Å². The van der Waals surface area contributed by atoms with Crippen LogP contribution in [0.5, 0.6) is 0 Å². The summed E-state index contributed by atoms with van der Waals surface area (Å²) in [6.07, 6.45) is 1.52. The van der Waals surface area contributed by atoms with Crippen LogP contribution in [0, 0.1) is 17.3 Å². The Morgan fingerprint density at radius 3 is 2.49 bits per heavy atom. The second kappa shape index (κ2) is 12.9. The summed E-state index contributed by atoms with van der Waals surface area (Å²) in [5, 5.41) is 2.79. The number of rotatable bonds is 8. The van der Waals surface area contributed by atoms with E-state index in [4.69, 9.17) is 9.47 Å². The van der Waals surface area contributed by atoms with Crippen molar-refractivity contribution in [2.75, 3.05) is 18.5 Å². The Hall–Kier alpha value is -5.05. The first kappa shape index (κ1) is 30.9. The highest BCUT2D eigenvalue weighted by atomic mass is 16.5. The zero-order chi connectivity index (χ0) is 31.3. The number of anilines is 1. The SMILES string of the molecule is CCOC(=O)CC[C@@H](C(=O)OCC)N1Cc2ccc(C#Cc3cnc4nc(NC(=O)C(C)(C)C)[nH]c(=O)c4c3)cc2C1=O. The van der Waals surface area contributed by atoms with Crippen molar-refractivity contribution < 1.29 is 28.7 Å². The smallest absolute Gasteiger partial charge is 0.328 e. The summed E-state index contributed by atoms with van der Waals surface area (Å²) in [6.45, 7) is 9.16. The van der Waals surface area contributed by atoms with Crippen LogP contribution in [0.4, 0.5) is 5.95 Å². The number of aromatic amines is 1. The molecule has 12 nitrogen and oxygen atoms in total. The molecule has 0 unspecified atom stereocenters. The van der Waals surface area contributed by atoms with Crippen LogP contribution in [-0.4, -0.2) is 62.9 Å². The molecule has 0 bridgehead atoms. The molecule has 1 aliphatic heterocycles. The molecule has 2 amide bonds.